The Morgan fingerprint density at radius 2 is 2.43 bits per heavy atom. The minimum Gasteiger partial charge on any atom is -0.309 e. The van der Waals surface area contributed by atoms with Crippen molar-refractivity contribution in [3.05, 3.63) is 32.9 Å². The molecular formula is C11H16BrNS. The second-order valence-corrected chi connectivity index (χ2v) is 5.21. The van der Waals surface area contributed by atoms with Gasteiger partial charge in [0.1, 0.15) is 0 Å². The van der Waals surface area contributed by atoms with Gasteiger partial charge in [0.25, 0.3) is 0 Å². The Morgan fingerprint density at radius 1 is 1.71 bits per heavy atom. The first kappa shape index (κ1) is 12.0. The Bertz CT molecular complexity index is 306. The highest BCUT2D eigenvalue weighted by atomic mass is 79.9. The van der Waals surface area contributed by atoms with E-state index in [0.717, 1.165) is 13.0 Å². The zero-order valence-electron chi connectivity index (χ0n) is 8.64. The van der Waals surface area contributed by atoms with E-state index >= 15 is 0 Å². The maximum absolute atomic E-state index is 3.97. The summed E-state index contributed by atoms with van der Waals surface area (Å²) in [4.78, 5) is 1.37. The molecule has 0 aliphatic rings. The van der Waals surface area contributed by atoms with Gasteiger partial charge in [-0.05, 0) is 47.3 Å². The summed E-state index contributed by atoms with van der Waals surface area (Å²) in [5.41, 5.74) is 1.22. The van der Waals surface area contributed by atoms with Gasteiger partial charge < -0.3 is 5.32 Å². The zero-order chi connectivity index (χ0) is 10.6. The number of rotatable bonds is 5. The van der Waals surface area contributed by atoms with Crippen molar-refractivity contribution in [1.82, 2.24) is 5.32 Å². The van der Waals surface area contributed by atoms with Crippen molar-refractivity contribution >= 4 is 27.3 Å². The molecule has 0 bridgehead atoms. The van der Waals surface area contributed by atoms with Crippen molar-refractivity contribution in [3.8, 4) is 0 Å². The molecule has 1 aromatic heterocycles. The van der Waals surface area contributed by atoms with Crippen LogP contribution in [-0.4, -0.2) is 6.54 Å². The monoisotopic (exact) mass is 273 g/mol. The Morgan fingerprint density at radius 3 is 2.86 bits per heavy atom. The van der Waals surface area contributed by atoms with E-state index in [1.54, 1.807) is 11.3 Å². The lowest BCUT2D eigenvalue weighted by molar-refractivity contribution is 0.555. The highest BCUT2D eigenvalue weighted by molar-refractivity contribution is 9.10. The molecule has 1 nitrogen and oxygen atoms in total. The van der Waals surface area contributed by atoms with Crippen LogP contribution in [-0.2, 0) is 0 Å². The lowest BCUT2D eigenvalue weighted by Gasteiger charge is -2.17. The molecule has 0 spiro atoms. The summed E-state index contributed by atoms with van der Waals surface area (Å²) >= 11 is 5.36. The van der Waals surface area contributed by atoms with Crippen molar-refractivity contribution in [2.24, 2.45) is 0 Å². The van der Waals surface area contributed by atoms with Gasteiger partial charge in [-0.3, -0.25) is 0 Å². The van der Waals surface area contributed by atoms with E-state index in [4.69, 9.17) is 0 Å². The maximum atomic E-state index is 3.97. The van der Waals surface area contributed by atoms with Gasteiger partial charge in [-0.1, -0.05) is 12.5 Å². The van der Waals surface area contributed by atoms with E-state index in [1.807, 2.05) is 0 Å². The van der Waals surface area contributed by atoms with Crippen LogP contribution < -0.4 is 5.32 Å². The van der Waals surface area contributed by atoms with Gasteiger partial charge in [-0.25, -0.2) is 0 Å². The molecule has 1 unspecified atom stereocenters. The highest BCUT2D eigenvalue weighted by Crippen LogP contribution is 2.32. The fourth-order valence-corrected chi connectivity index (χ4v) is 3.13. The molecule has 0 amide bonds. The number of thiophene rings is 1. The third-order valence-corrected chi connectivity index (χ3v) is 3.95. The predicted molar refractivity (Wildman–Crippen MR) is 67.9 cm³/mol. The van der Waals surface area contributed by atoms with Crippen LogP contribution in [0.2, 0.25) is 0 Å². The van der Waals surface area contributed by atoms with Crippen LogP contribution in [0, 0.1) is 0 Å². The first-order valence-corrected chi connectivity index (χ1v) is 6.43. The molecule has 1 heterocycles. The minimum absolute atomic E-state index is 0.409. The summed E-state index contributed by atoms with van der Waals surface area (Å²) in [6.45, 7) is 9.16. The fourth-order valence-electron chi connectivity index (χ4n) is 1.41. The molecule has 14 heavy (non-hydrogen) atoms. The van der Waals surface area contributed by atoms with Gasteiger partial charge in [0, 0.05) is 15.4 Å². The first-order valence-electron chi connectivity index (χ1n) is 4.75. The molecule has 0 aromatic carbocycles. The topological polar surface area (TPSA) is 12.0 Å². The second kappa shape index (κ2) is 5.69. The van der Waals surface area contributed by atoms with E-state index in [9.17, 15) is 0 Å². The lowest BCUT2D eigenvalue weighted by atomic mass is 10.1. The first-order chi connectivity index (χ1) is 6.65. The van der Waals surface area contributed by atoms with Crippen LogP contribution >= 0.6 is 27.3 Å². The Labute approximate surface area is 98.4 Å². The Kier molecular flexibility index (Phi) is 4.85. The number of hydrogen-bond acceptors (Lipinski definition) is 2. The third-order valence-electron chi connectivity index (χ3n) is 1.96. The van der Waals surface area contributed by atoms with Gasteiger partial charge in [-0.2, -0.15) is 0 Å². The van der Waals surface area contributed by atoms with Crippen molar-refractivity contribution < 1.29 is 0 Å². The van der Waals surface area contributed by atoms with E-state index in [-0.39, 0.29) is 0 Å². The average Bonchev–Trinajstić information content (AvgIpc) is 2.50. The quantitative estimate of drug-likeness (QED) is 0.796. The van der Waals surface area contributed by atoms with Crippen LogP contribution in [0.25, 0.3) is 0 Å². The summed E-state index contributed by atoms with van der Waals surface area (Å²) in [5.74, 6) is 0. The average molecular weight is 274 g/mol. The predicted octanol–water partition coefficient (Wildman–Crippen LogP) is 4.13. The molecule has 0 saturated heterocycles. The largest absolute Gasteiger partial charge is 0.309 e. The highest BCUT2D eigenvalue weighted by Gasteiger charge is 2.14. The van der Waals surface area contributed by atoms with Crippen LogP contribution in [0.3, 0.4) is 0 Å². The molecule has 3 heteroatoms. The molecular weight excluding hydrogens is 258 g/mol. The molecule has 0 radical (unpaired) electrons. The van der Waals surface area contributed by atoms with Gasteiger partial charge in [0.15, 0.2) is 0 Å². The normalized spacial score (nSPS) is 12.8. The van der Waals surface area contributed by atoms with Crippen molar-refractivity contribution in [3.63, 3.8) is 0 Å². The maximum Gasteiger partial charge on any atom is 0.0463 e. The summed E-state index contributed by atoms with van der Waals surface area (Å²) in [6.07, 6.45) is 1.01. The third kappa shape index (κ3) is 3.23. The van der Waals surface area contributed by atoms with Gasteiger partial charge in [0.05, 0.1) is 0 Å². The SMILES string of the molecule is C=C(C)CC(NCC)c1sccc1Br. The second-order valence-electron chi connectivity index (χ2n) is 3.40. The molecule has 1 aromatic rings. The van der Waals surface area contributed by atoms with Crippen LogP contribution in [0.5, 0.6) is 0 Å². The Hall–Kier alpha value is -0.120. The summed E-state index contributed by atoms with van der Waals surface area (Å²) in [6, 6.07) is 2.51. The molecule has 1 N–H and O–H groups in total. The van der Waals surface area contributed by atoms with Crippen molar-refractivity contribution in [1.29, 1.82) is 0 Å². The summed E-state index contributed by atoms with van der Waals surface area (Å²) in [5, 5.41) is 5.59. The molecule has 0 aliphatic heterocycles. The van der Waals surface area contributed by atoms with E-state index < -0.39 is 0 Å². The van der Waals surface area contributed by atoms with Crippen molar-refractivity contribution in [2.75, 3.05) is 6.54 Å². The van der Waals surface area contributed by atoms with E-state index in [0.29, 0.717) is 6.04 Å². The zero-order valence-corrected chi connectivity index (χ0v) is 11.0. The summed E-state index contributed by atoms with van der Waals surface area (Å²) < 4.78 is 1.20. The van der Waals surface area contributed by atoms with Crippen LogP contribution in [0.4, 0.5) is 0 Å². The number of hydrogen-bond donors (Lipinski definition) is 1. The summed E-state index contributed by atoms with van der Waals surface area (Å²) in [7, 11) is 0. The molecule has 0 aliphatic carbocycles. The minimum atomic E-state index is 0.409. The van der Waals surface area contributed by atoms with Crippen LogP contribution in [0.15, 0.2) is 28.1 Å². The van der Waals surface area contributed by atoms with Crippen LogP contribution in [0.1, 0.15) is 31.2 Å². The smallest absolute Gasteiger partial charge is 0.0463 e. The Balaban J connectivity index is 2.77. The molecule has 0 saturated carbocycles. The standard InChI is InChI=1S/C11H16BrNS/c1-4-13-10(7-8(2)3)11-9(12)5-6-14-11/h5-6,10,13H,2,4,7H2,1,3H3. The lowest BCUT2D eigenvalue weighted by Crippen LogP contribution is -2.20. The molecule has 78 valence electrons. The molecule has 1 rings (SSSR count). The number of nitrogens with one attached hydrogen (secondary N) is 1. The van der Waals surface area contributed by atoms with E-state index in [1.165, 1.54) is 14.9 Å². The molecule has 1 atom stereocenters. The van der Waals surface area contributed by atoms with Gasteiger partial charge >= 0.3 is 0 Å². The van der Waals surface area contributed by atoms with Gasteiger partial charge in [0.2, 0.25) is 0 Å². The van der Waals surface area contributed by atoms with Crippen molar-refractivity contribution in [2.45, 2.75) is 26.3 Å². The van der Waals surface area contributed by atoms with E-state index in [2.05, 4.69) is 53.1 Å². The fraction of sp³-hybridized carbons (Fsp3) is 0.455. The van der Waals surface area contributed by atoms with Gasteiger partial charge in [-0.15, -0.1) is 17.9 Å². The number of halogens is 1. The molecule has 0 fully saturated rings.